The lowest BCUT2D eigenvalue weighted by molar-refractivity contribution is 0.603. The molecule has 0 aliphatic rings. The van der Waals surface area contributed by atoms with Gasteiger partial charge in [0.2, 0.25) is 0 Å². The van der Waals surface area contributed by atoms with Gasteiger partial charge in [-0.15, -0.1) is 11.3 Å². The van der Waals surface area contributed by atoms with Crippen molar-refractivity contribution in [2.24, 2.45) is 0 Å². The van der Waals surface area contributed by atoms with Crippen LogP contribution in [0.4, 0.5) is 0 Å². The van der Waals surface area contributed by atoms with Gasteiger partial charge in [-0.2, -0.15) is 0 Å². The highest BCUT2D eigenvalue weighted by atomic mass is 32.1. The van der Waals surface area contributed by atoms with E-state index in [2.05, 4.69) is 39.6 Å². The second-order valence-corrected chi connectivity index (χ2v) is 6.08. The average Bonchev–Trinajstić information content (AvgIpc) is 2.91. The molecule has 0 aliphatic heterocycles. The SMILES string of the molecule is CNC(Cc1ccnc2ccccc12)c1cnc(C)s1. The highest BCUT2D eigenvalue weighted by Crippen LogP contribution is 2.26. The Morgan fingerprint density at radius 2 is 2.05 bits per heavy atom. The van der Waals surface area contributed by atoms with Gasteiger partial charge in [-0.1, -0.05) is 18.2 Å². The van der Waals surface area contributed by atoms with E-state index in [9.17, 15) is 0 Å². The van der Waals surface area contributed by atoms with Crippen molar-refractivity contribution in [2.75, 3.05) is 7.05 Å². The van der Waals surface area contributed by atoms with Gasteiger partial charge in [0.1, 0.15) is 0 Å². The minimum atomic E-state index is 0.298. The van der Waals surface area contributed by atoms with Crippen LogP contribution in [0.3, 0.4) is 0 Å². The van der Waals surface area contributed by atoms with Gasteiger partial charge < -0.3 is 5.32 Å². The van der Waals surface area contributed by atoms with E-state index in [0.717, 1.165) is 16.9 Å². The Balaban J connectivity index is 1.95. The fraction of sp³-hybridized carbons (Fsp3) is 0.250. The van der Waals surface area contributed by atoms with Crippen molar-refractivity contribution < 1.29 is 0 Å². The summed E-state index contributed by atoms with van der Waals surface area (Å²) in [5.41, 5.74) is 2.38. The van der Waals surface area contributed by atoms with Gasteiger partial charge in [0, 0.05) is 28.7 Å². The van der Waals surface area contributed by atoms with Gasteiger partial charge in [-0.25, -0.2) is 4.98 Å². The van der Waals surface area contributed by atoms with E-state index in [1.807, 2.05) is 32.4 Å². The molecule has 2 heterocycles. The molecule has 20 heavy (non-hydrogen) atoms. The van der Waals surface area contributed by atoms with Crippen LogP contribution in [-0.2, 0) is 6.42 Å². The second-order valence-electron chi connectivity index (χ2n) is 4.81. The quantitative estimate of drug-likeness (QED) is 0.796. The maximum absolute atomic E-state index is 4.42. The van der Waals surface area contributed by atoms with Crippen LogP contribution in [-0.4, -0.2) is 17.0 Å². The number of aryl methyl sites for hydroxylation is 1. The Labute approximate surface area is 122 Å². The zero-order chi connectivity index (χ0) is 13.9. The molecule has 0 spiro atoms. The van der Waals surface area contributed by atoms with Crippen molar-refractivity contribution in [1.82, 2.24) is 15.3 Å². The maximum Gasteiger partial charge on any atom is 0.0897 e. The summed E-state index contributed by atoms with van der Waals surface area (Å²) >= 11 is 1.76. The third-order valence-electron chi connectivity index (χ3n) is 3.49. The first-order valence-electron chi connectivity index (χ1n) is 6.70. The lowest BCUT2D eigenvalue weighted by Crippen LogP contribution is -2.17. The van der Waals surface area contributed by atoms with E-state index in [1.54, 1.807) is 11.3 Å². The zero-order valence-electron chi connectivity index (χ0n) is 11.6. The van der Waals surface area contributed by atoms with Crippen molar-refractivity contribution in [1.29, 1.82) is 0 Å². The minimum Gasteiger partial charge on any atom is -0.312 e. The molecule has 1 aromatic carbocycles. The normalized spacial score (nSPS) is 12.7. The summed E-state index contributed by atoms with van der Waals surface area (Å²) in [5, 5.41) is 5.74. The van der Waals surface area contributed by atoms with Gasteiger partial charge in [0.15, 0.2) is 0 Å². The number of nitrogens with one attached hydrogen (secondary N) is 1. The number of fused-ring (bicyclic) bond motifs is 1. The molecule has 0 radical (unpaired) electrons. The van der Waals surface area contributed by atoms with Crippen LogP contribution in [0.25, 0.3) is 10.9 Å². The van der Waals surface area contributed by atoms with E-state index in [-0.39, 0.29) is 0 Å². The predicted octanol–water partition coefficient (Wildman–Crippen LogP) is 3.50. The first-order chi connectivity index (χ1) is 9.78. The molecule has 1 atom stereocenters. The van der Waals surface area contributed by atoms with E-state index in [0.29, 0.717) is 6.04 Å². The largest absolute Gasteiger partial charge is 0.312 e. The van der Waals surface area contributed by atoms with Gasteiger partial charge >= 0.3 is 0 Å². The Kier molecular flexibility index (Phi) is 3.76. The van der Waals surface area contributed by atoms with Crippen molar-refractivity contribution in [3.63, 3.8) is 0 Å². The van der Waals surface area contributed by atoms with Crippen LogP contribution in [0, 0.1) is 6.92 Å². The van der Waals surface area contributed by atoms with Gasteiger partial charge in [-0.3, -0.25) is 4.98 Å². The molecular weight excluding hydrogens is 266 g/mol. The zero-order valence-corrected chi connectivity index (χ0v) is 12.4. The van der Waals surface area contributed by atoms with Gasteiger partial charge in [0.25, 0.3) is 0 Å². The monoisotopic (exact) mass is 283 g/mol. The van der Waals surface area contributed by atoms with E-state index in [4.69, 9.17) is 0 Å². The van der Waals surface area contributed by atoms with Crippen LogP contribution < -0.4 is 5.32 Å². The van der Waals surface area contributed by atoms with Gasteiger partial charge in [0.05, 0.1) is 10.5 Å². The summed E-state index contributed by atoms with van der Waals surface area (Å²) in [7, 11) is 2.00. The summed E-state index contributed by atoms with van der Waals surface area (Å²) < 4.78 is 0. The number of thiazole rings is 1. The van der Waals surface area contributed by atoms with Crippen molar-refractivity contribution >= 4 is 22.2 Å². The maximum atomic E-state index is 4.42. The van der Waals surface area contributed by atoms with Crippen molar-refractivity contribution in [2.45, 2.75) is 19.4 Å². The summed E-state index contributed by atoms with van der Waals surface area (Å²) in [6, 6.07) is 10.7. The van der Waals surface area contributed by atoms with E-state index < -0.39 is 0 Å². The standard InChI is InChI=1S/C16H17N3S/c1-11-19-10-16(20-11)15(17-2)9-12-7-8-18-14-6-4-3-5-13(12)14/h3-8,10,15,17H,9H2,1-2H3. The smallest absolute Gasteiger partial charge is 0.0897 e. The number of para-hydroxylation sites is 1. The number of likely N-dealkylation sites (N-methyl/N-ethyl adjacent to an activating group) is 1. The molecule has 4 heteroatoms. The number of hydrogen-bond donors (Lipinski definition) is 1. The first kappa shape index (κ1) is 13.2. The third kappa shape index (κ3) is 2.57. The highest BCUT2D eigenvalue weighted by molar-refractivity contribution is 7.11. The van der Waals surface area contributed by atoms with Crippen LogP contribution in [0.1, 0.15) is 21.5 Å². The molecule has 3 aromatic rings. The summed E-state index contributed by atoms with van der Waals surface area (Å²) in [6.45, 7) is 2.04. The topological polar surface area (TPSA) is 37.8 Å². The van der Waals surface area contributed by atoms with E-state index in [1.165, 1.54) is 15.8 Å². The third-order valence-corrected chi connectivity index (χ3v) is 4.52. The highest BCUT2D eigenvalue weighted by Gasteiger charge is 2.14. The van der Waals surface area contributed by atoms with Crippen molar-refractivity contribution in [3.05, 3.63) is 58.2 Å². The molecule has 0 amide bonds. The molecule has 3 nitrogen and oxygen atoms in total. The van der Waals surface area contributed by atoms with Crippen LogP contribution in [0.15, 0.2) is 42.7 Å². The number of nitrogens with zero attached hydrogens (tertiary/aromatic N) is 2. The fourth-order valence-electron chi connectivity index (χ4n) is 2.44. The summed E-state index contributed by atoms with van der Waals surface area (Å²) in [4.78, 5) is 10.1. The molecule has 0 fully saturated rings. The lowest BCUT2D eigenvalue weighted by Gasteiger charge is -2.15. The Morgan fingerprint density at radius 3 is 2.80 bits per heavy atom. The van der Waals surface area contributed by atoms with Crippen molar-refractivity contribution in [3.8, 4) is 0 Å². The molecule has 1 unspecified atom stereocenters. The molecule has 0 aliphatic carbocycles. The Morgan fingerprint density at radius 1 is 1.20 bits per heavy atom. The minimum absolute atomic E-state index is 0.298. The molecule has 3 rings (SSSR count). The second kappa shape index (κ2) is 5.69. The molecule has 1 N–H and O–H groups in total. The van der Waals surface area contributed by atoms with Crippen LogP contribution in [0.5, 0.6) is 0 Å². The fourth-order valence-corrected chi connectivity index (χ4v) is 3.33. The lowest BCUT2D eigenvalue weighted by atomic mass is 10.0. The molecule has 0 bridgehead atoms. The van der Waals surface area contributed by atoms with Gasteiger partial charge in [-0.05, 0) is 38.1 Å². The van der Waals surface area contributed by atoms with Crippen LogP contribution >= 0.6 is 11.3 Å². The number of benzene rings is 1. The number of hydrogen-bond acceptors (Lipinski definition) is 4. The average molecular weight is 283 g/mol. The Bertz CT molecular complexity index is 715. The number of pyridine rings is 1. The number of aromatic nitrogens is 2. The Hall–Kier alpha value is -1.78. The molecule has 0 saturated heterocycles. The predicted molar refractivity (Wildman–Crippen MR) is 84.1 cm³/mol. The first-order valence-corrected chi connectivity index (χ1v) is 7.52. The summed E-state index contributed by atoms with van der Waals surface area (Å²) in [6.07, 6.45) is 4.81. The summed E-state index contributed by atoms with van der Waals surface area (Å²) in [5.74, 6) is 0. The van der Waals surface area contributed by atoms with E-state index >= 15 is 0 Å². The molecule has 2 aromatic heterocycles. The molecule has 0 saturated carbocycles. The molecular formula is C16H17N3S. The molecule has 102 valence electrons. The van der Waals surface area contributed by atoms with Crippen LogP contribution in [0.2, 0.25) is 0 Å². The number of rotatable bonds is 4.